The zero-order chi connectivity index (χ0) is 24.6. The Hall–Kier alpha value is -5.09. The molecule has 174 valence electrons. The van der Waals surface area contributed by atoms with E-state index in [9.17, 15) is 0 Å². The second-order valence-electron chi connectivity index (χ2n) is 8.92. The van der Waals surface area contributed by atoms with Gasteiger partial charge in [0.05, 0.1) is 11.4 Å². The number of benzene rings is 4. The minimum Gasteiger partial charge on any atom is -0.456 e. The summed E-state index contributed by atoms with van der Waals surface area (Å²) >= 11 is 0. The van der Waals surface area contributed by atoms with Gasteiger partial charge in [0.2, 0.25) is 0 Å². The standard InChI is InChI=1S/C33H21N3O/c1-2-8-23(9-3-1)29-21-30(24-14-15-32-28(20-24)26-11-6-7-13-31(26)37-32)36-33(35-29)27-12-5-4-10-25(27)22-16-18-34-19-17-22/h1-21H. The second-order valence-corrected chi connectivity index (χ2v) is 8.92. The number of para-hydroxylation sites is 1. The highest BCUT2D eigenvalue weighted by molar-refractivity contribution is 6.06. The van der Waals surface area contributed by atoms with E-state index in [-0.39, 0.29) is 0 Å². The van der Waals surface area contributed by atoms with E-state index in [1.807, 2.05) is 79.1 Å². The molecule has 37 heavy (non-hydrogen) atoms. The van der Waals surface area contributed by atoms with E-state index in [2.05, 4.69) is 53.5 Å². The highest BCUT2D eigenvalue weighted by Gasteiger charge is 2.15. The van der Waals surface area contributed by atoms with E-state index in [4.69, 9.17) is 14.4 Å². The van der Waals surface area contributed by atoms with Crippen LogP contribution >= 0.6 is 0 Å². The monoisotopic (exact) mass is 475 g/mol. The van der Waals surface area contributed by atoms with E-state index >= 15 is 0 Å². The molecule has 3 aromatic heterocycles. The number of hydrogen-bond acceptors (Lipinski definition) is 4. The molecule has 0 radical (unpaired) electrons. The van der Waals surface area contributed by atoms with Crippen molar-refractivity contribution < 1.29 is 4.42 Å². The fraction of sp³-hybridized carbons (Fsp3) is 0. The molecule has 0 saturated heterocycles. The molecule has 0 saturated carbocycles. The second kappa shape index (κ2) is 8.85. The molecule has 0 bridgehead atoms. The SMILES string of the molecule is c1ccc(-c2cc(-c3ccc4oc5ccccc5c4c3)nc(-c3ccccc3-c3ccncc3)n2)cc1. The third kappa shape index (κ3) is 3.85. The van der Waals surface area contributed by atoms with Gasteiger partial charge < -0.3 is 4.42 Å². The summed E-state index contributed by atoms with van der Waals surface area (Å²) in [6.07, 6.45) is 3.62. The minimum absolute atomic E-state index is 0.681. The van der Waals surface area contributed by atoms with Gasteiger partial charge in [0, 0.05) is 39.9 Å². The summed E-state index contributed by atoms with van der Waals surface area (Å²) in [5.74, 6) is 0.681. The zero-order valence-corrected chi connectivity index (χ0v) is 19.9. The van der Waals surface area contributed by atoms with Crippen LogP contribution in [0.4, 0.5) is 0 Å². The Morgan fingerprint density at radius 3 is 1.97 bits per heavy atom. The van der Waals surface area contributed by atoms with Gasteiger partial charge in [-0.2, -0.15) is 0 Å². The van der Waals surface area contributed by atoms with Gasteiger partial charge in [0.25, 0.3) is 0 Å². The first-order chi connectivity index (χ1) is 18.3. The topological polar surface area (TPSA) is 51.8 Å². The molecular formula is C33H21N3O. The van der Waals surface area contributed by atoms with Gasteiger partial charge in [-0.1, -0.05) is 72.8 Å². The molecule has 3 heterocycles. The average molecular weight is 476 g/mol. The van der Waals surface area contributed by atoms with Crippen LogP contribution in [0.25, 0.3) is 67.0 Å². The molecule has 0 fully saturated rings. The van der Waals surface area contributed by atoms with E-state index in [0.29, 0.717) is 5.82 Å². The Morgan fingerprint density at radius 1 is 0.459 bits per heavy atom. The van der Waals surface area contributed by atoms with Gasteiger partial charge in [-0.15, -0.1) is 0 Å². The van der Waals surface area contributed by atoms with Gasteiger partial charge in [0.15, 0.2) is 5.82 Å². The fourth-order valence-electron chi connectivity index (χ4n) is 4.82. The quantitative estimate of drug-likeness (QED) is 0.256. The van der Waals surface area contributed by atoms with Crippen LogP contribution in [0.2, 0.25) is 0 Å². The van der Waals surface area contributed by atoms with Crippen LogP contribution in [0.1, 0.15) is 0 Å². The fourth-order valence-corrected chi connectivity index (χ4v) is 4.82. The maximum atomic E-state index is 6.06. The Bertz CT molecular complexity index is 1880. The molecule has 0 amide bonds. The Labute approximate surface area is 213 Å². The minimum atomic E-state index is 0.681. The molecule has 7 aromatic rings. The van der Waals surface area contributed by atoms with E-state index in [1.54, 1.807) is 0 Å². The van der Waals surface area contributed by atoms with Gasteiger partial charge in [0.1, 0.15) is 11.2 Å². The third-order valence-corrected chi connectivity index (χ3v) is 6.63. The maximum absolute atomic E-state index is 6.06. The number of rotatable bonds is 4. The lowest BCUT2D eigenvalue weighted by atomic mass is 9.99. The molecule has 0 atom stereocenters. The van der Waals surface area contributed by atoms with Crippen LogP contribution in [0.3, 0.4) is 0 Å². The first-order valence-corrected chi connectivity index (χ1v) is 12.2. The molecule has 4 heteroatoms. The lowest BCUT2D eigenvalue weighted by Crippen LogP contribution is -1.97. The van der Waals surface area contributed by atoms with Crippen LogP contribution in [0.5, 0.6) is 0 Å². The molecule has 0 unspecified atom stereocenters. The molecule has 7 rings (SSSR count). The van der Waals surface area contributed by atoms with Crippen molar-refractivity contribution in [1.82, 2.24) is 15.0 Å². The summed E-state index contributed by atoms with van der Waals surface area (Å²) in [6, 6.07) is 39.0. The Morgan fingerprint density at radius 2 is 1.14 bits per heavy atom. The molecular weight excluding hydrogens is 454 g/mol. The number of hydrogen-bond donors (Lipinski definition) is 0. The molecule has 4 aromatic carbocycles. The largest absolute Gasteiger partial charge is 0.456 e. The first-order valence-electron chi connectivity index (χ1n) is 12.2. The van der Waals surface area contributed by atoms with Crippen LogP contribution < -0.4 is 0 Å². The van der Waals surface area contributed by atoms with Gasteiger partial charge in [-0.25, -0.2) is 9.97 Å². The van der Waals surface area contributed by atoms with Gasteiger partial charge in [-0.3, -0.25) is 4.98 Å². The molecule has 0 N–H and O–H groups in total. The summed E-state index contributed by atoms with van der Waals surface area (Å²) in [5.41, 5.74) is 8.67. The zero-order valence-electron chi connectivity index (χ0n) is 19.9. The summed E-state index contributed by atoms with van der Waals surface area (Å²) in [4.78, 5) is 14.3. The van der Waals surface area contributed by atoms with Crippen LogP contribution in [-0.4, -0.2) is 15.0 Å². The summed E-state index contributed by atoms with van der Waals surface area (Å²) in [7, 11) is 0. The summed E-state index contributed by atoms with van der Waals surface area (Å²) in [6.45, 7) is 0. The summed E-state index contributed by atoms with van der Waals surface area (Å²) < 4.78 is 6.06. The number of pyridine rings is 1. The van der Waals surface area contributed by atoms with Gasteiger partial charge >= 0.3 is 0 Å². The molecule has 0 aliphatic heterocycles. The predicted molar refractivity (Wildman–Crippen MR) is 149 cm³/mol. The third-order valence-electron chi connectivity index (χ3n) is 6.63. The average Bonchev–Trinajstić information content (AvgIpc) is 3.36. The molecule has 0 spiro atoms. The van der Waals surface area contributed by atoms with Crippen molar-refractivity contribution in [2.75, 3.05) is 0 Å². The van der Waals surface area contributed by atoms with Crippen molar-refractivity contribution in [3.05, 3.63) is 128 Å². The number of furan rings is 1. The summed E-state index contributed by atoms with van der Waals surface area (Å²) in [5, 5.41) is 2.17. The predicted octanol–water partition coefficient (Wildman–Crippen LogP) is 8.44. The van der Waals surface area contributed by atoms with Crippen molar-refractivity contribution in [3.63, 3.8) is 0 Å². The van der Waals surface area contributed by atoms with Crippen LogP contribution in [0, 0.1) is 0 Å². The number of aromatic nitrogens is 3. The first kappa shape index (κ1) is 21.2. The number of nitrogens with zero attached hydrogens (tertiary/aromatic N) is 3. The molecule has 0 aliphatic rings. The van der Waals surface area contributed by atoms with E-state index < -0.39 is 0 Å². The van der Waals surface area contributed by atoms with Crippen LogP contribution in [-0.2, 0) is 0 Å². The van der Waals surface area contributed by atoms with Crippen molar-refractivity contribution in [3.8, 4) is 45.0 Å². The highest BCUT2D eigenvalue weighted by atomic mass is 16.3. The van der Waals surface area contributed by atoms with Crippen LogP contribution in [0.15, 0.2) is 132 Å². The number of fused-ring (bicyclic) bond motifs is 3. The van der Waals surface area contributed by atoms with E-state index in [0.717, 1.165) is 61.1 Å². The van der Waals surface area contributed by atoms with Crippen molar-refractivity contribution >= 4 is 21.9 Å². The van der Waals surface area contributed by atoms with Gasteiger partial charge in [-0.05, 0) is 53.6 Å². The Balaban J connectivity index is 1.46. The maximum Gasteiger partial charge on any atom is 0.161 e. The van der Waals surface area contributed by atoms with Crippen molar-refractivity contribution in [2.24, 2.45) is 0 Å². The Kier molecular flexibility index (Phi) is 5.07. The van der Waals surface area contributed by atoms with Crippen molar-refractivity contribution in [2.45, 2.75) is 0 Å². The van der Waals surface area contributed by atoms with Crippen molar-refractivity contribution in [1.29, 1.82) is 0 Å². The normalized spacial score (nSPS) is 11.2. The lowest BCUT2D eigenvalue weighted by Gasteiger charge is -2.12. The smallest absolute Gasteiger partial charge is 0.161 e. The molecule has 0 aliphatic carbocycles. The highest BCUT2D eigenvalue weighted by Crippen LogP contribution is 2.35. The molecule has 4 nitrogen and oxygen atoms in total. The van der Waals surface area contributed by atoms with E-state index in [1.165, 1.54) is 0 Å². The lowest BCUT2D eigenvalue weighted by molar-refractivity contribution is 0.669.